The molecule has 0 radical (unpaired) electrons. The number of ether oxygens (including phenoxy) is 1. The van der Waals surface area contributed by atoms with Crippen molar-refractivity contribution in [3.05, 3.63) is 53.3 Å². The molecule has 1 saturated heterocycles. The summed E-state index contributed by atoms with van der Waals surface area (Å²) in [5.74, 6) is 0.865. The summed E-state index contributed by atoms with van der Waals surface area (Å²) < 4.78 is 6.70. The average Bonchev–Trinajstić information content (AvgIpc) is 3.14. The summed E-state index contributed by atoms with van der Waals surface area (Å²) in [6.07, 6.45) is 5.49. The Kier molecular flexibility index (Phi) is 4.49. The SMILES string of the molecule is CCOC(=O)c1cnn(Cc2ccc(CN3C[C@H]4CC[C@H]4C3=O)cc2)c1. The lowest BCUT2D eigenvalue weighted by atomic mass is 9.76. The molecule has 0 N–H and O–H groups in total. The molecule has 2 fully saturated rings. The van der Waals surface area contributed by atoms with Crippen LogP contribution in [0.2, 0.25) is 0 Å². The molecule has 0 bridgehead atoms. The van der Waals surface area contributed by atoms with Crippen molar-refractivity contribution in [2.75, 3.05) is 13.2 Å². The van der Waals surface area contributed by atoms with E-state index in [1.54, 1.807) is 17.8 Å². The monoisotopic (exact) mass is 353 g/mol. The summed E-state index contributed by atoms with van der Waals surface area (Å²) >= 11 is 0. The highest BCUT2D eigenvalue weighted by Crippen LogP contribution is 2.41. The first kappa shape index (κ1) is 16.8. The molecule has 1 saturated carbocycles. The molecule has 2 heterocycles. The zero-order valence-electron chi connectivity index (χ0n) is 14.9. The summed E-state index contributed by atoms with van der Waals surface area (Å²) in [4.78, 5) is 25.9. The smallest absolute Gasteiger partial charge is 0.341 e. The number of fused-ring (bicyclic) bond motifs is 1. The van der Waals surface area contributed by atoms with E-state index in [0.29, 0.717) is 43.0 Å². The quantitative estimate of drug-likeness (QED) is 0.749. The maximum Gasteiger partial charge on any atom is 0.341 e. The molecule has 1 aliphatic carbocycles. The number of amides is 1. The molecular weight excluding hydrogens is 330 g/mol. The van der Waals surface area contributed by atoms with Crippen LogP contribution in [0.5, 0.6) is 0 Å². The number of carbonyl (C=O) groups excluding carboxylic acids is 2. The Morgan fingerprint density at radius 2 is 1.92 bits per heavy atom. The third-order valence-electron chi connectivity index (χ3n) is 5.39. The molecule has 2 aromatic rings. The fraction of sp³-hybridized carbons (Fsp3) is 0.450. The van der Waals surface area contributed by atoms with Crippen LogP contribution in [0.4, 0.5) is 0 Å². The van der Waals surface area contributed by atoms with Crippen LogP contribution in [0.3, 0.4) is 0 Å². The van der Waals surface area contributed by atoms with E-state index in [1.165, 1.54) is 12.6 Å². The normalized spacial score (nSPS) is 21.4. The Labute approximate surface area is 152 Å². The van der Waals surface area contributed by atoms with Gasteiger partial charge in [-0.3, -0.25) is 9.48 Å². The molecule has 26 heavy (non-hydrogen) atoms. The van der Waals surface area contributed by atoms with Gasteiger partial charge in [0.15, 0.2) is 0 Å². The van der Waals surface area contributed by atoms with Crippen LogP contribution < -0.4 is 0 Å². The Morgan fingerprint density at radius 1 is 1.19 bits per heavy atom. The van der Waals surface area contributed by atoms with E-state index in [2.05, 4.69) is 29.4 Å². The van der Waals surface area contributed by atoms with Gasteiger partial charge in [-0.05, 0) is 36.8 Å². The van der Waals surface area contributed by atoms with E-state index in [1.807, 2.05) is 4.90 Å². The molecule has 136 valence electrons. The molecule has 2 atom stereocenters. The minimum Gasteiger partial charge on any atom is -0.462 e. The van der Waals surface area contributed by atoms with E-state index in [4.69, 9.17) is 4.74 Å². The highest BCUT2D eigenvalue weighted by atomic mass is 16.5. The molecule has 1 aromatic carbocycles. The van der Waals surface area contributed by atoms with Gasteiger partial charge in [-0.1, -0.05) is 24.3 Å². The topological polar surface area (TPSA) is 64.4 Å². The second-order valence-electron chi connectivity index (χ2n) is 7.13. The van der Waals surface area contributed by atoms with Gasteiger partial charge in [-0.25, -0.2) is 4.79 Å². The number of aromatic nitrogens is 2. The Hall–Kier alpha value is -2.63. The summed E-state index contributed by atoms with van der Waals surface area (Å²) in [7, 11) is 0. The van der Waals surface area contributed by atoms with Crippen LogP contribution in [-0.4, -0.2) is 39.7 Å². The Balaban J connectivity index is 1.36. The van der Waals surface area contributed by atoms with E-state index < -0.39 is 0 Å². The van der Waals surface area contributed by atoms with E-state index in [9.17, 15) is 9.59 Å². The standard InChI is InChI=1S/C20H23N3O3/c1-2-26-20(25)17-9-21-23(13-17)11-15-5-3-14(4-6-15)10-22-12-16-7-8-18(16)19(22)24/h3-6,9,13,16,18H,2,7-8,10-12H2,1H3/t16-,18-/m1/s1. The van der Waals surface area contributed by atoms with Crippen molar-refractivity contribution in [3.63, 3.8) is 0 Å². The third-order valence-corrected chi connectivity index (χ3v) is 5.39. The fourth-order valence-corrected chi connectivity index (χ4v) is 3.79. The van der Waals surface area contributed by atoms with Gasteiger partial charge in [-0.15, -0.1) is 0 Å². The minimum absolute atomic E-state index is 0.294. The number of hydrogen-bond acceptors (Lipinski definition) is 4. The van der Waals surface area contributed by atoms with Crippen LogP contribution >= 0.6 is 0 Å². The van der Waals surface area contributed by atoms with Gasteiger partial charge in [0.2, 0.25) is 5.91 Å². The van der Waals surface area contributed by atoms with Crippen molar-refractivity contribution in [3.8, 4) is 0 Å². The molecule has 6 heteroatoms. The molecule has 1 amide bonds. The number of carbonyl (C=O) groups is 2. The van der Waals surface area contributed by atoms with Crippen molar-refractivity contribution < 1.29 is 14.3 Å². The second kappa shape index (κ2) is 6.94. The van der Waals surface area contributed by atoms with Crippen molar-refractivity contribution in [1.82, 2.24) is 14.7 Å². The average molecular weight is 353 g/mol. The molecule has 0 unspecified atom stereocenters. The van der Waals surface area contributed by atoms with Crippen LogP contribution in [-0.2, 0) is 22.6 Å². The first-order valence-corrected chi connectivity index (χ1v) is 9.20. The van der Waals surface area contributed by atoms with Gasteiger partial charge in [0, 0.05) is 25.2 Å². The highest BCUT2D eigenvalue weighted by Gasteiger charge is 2.45. The van der Waals surface area contributed by atoms with Gasteiger partial charge in [0.25, 0.3) is 0 Å². The van der Waals surface area contributed by atoms with Crippen LogP contribution in [0.15, 0.2) is 36.7 Å². The number of hydrogen-bond donors (Lipinski definition) is 0. The lowest BCUT2D eigenvalue weighted by Gasteiger charge is -2.25. The van der Waals surface area contributed by atoms with E-state index in [0.717, 1.165) is 24.1 Å². The van der Waals surface area contributed by atoms with Crippen LogP contribution in [0.25, 0.3) is 0 Å². The van der Waals surface area contributed by atoms with Crippen molar-refractivity contribution in [2.24, 2.45) is 11.8 Å². The van der Waals surface area contributed by atoms with Gasteiger partial charge < -0.3 is 9.64 Å². The maximum atomic E-state index is 12.3. The van der Waals surface area contributed by atoms with E-state index >= 15 is 0 Å². The molecule has 1 aromatic heterocycles. The minimum atomic E-state index is -0.349. The predicted octanol–water partition coefficient (Wildman–Crippen LogP) is 2.48. The van der Waals surface area contributed by atoms with Gasteiger partial charge in [0.1, 0.15) is 0 Å². The summed E-state index contributed by atoms with van der Waals surface area (Å²) in [5, 5.41) is 4.22. The molecule has 6 nitrogen and oxygen atoms in total. The molecule has 4 rings (SSSR count). The lowest BCUT2D eigenvalue weighted by Crippen LogP contribution is -2.28. The summed E-state index contributed by atoms with van der Waals surface area (Å²) in [6.45, 7) is 4.33. The molecular formula is C20H23N3O3. The van der Waals surface area contributed by atoms with Crippen molar-refractivity contribution >= 4 is 11.9 Å². The number of rotatable bonds is 6. The molecule has 2 aliphatic rings. The zero-order valence-corrected chi connectivity index (χ0v) is 14.9. The van der Waals surface area contributed by atoms with Crippen LogP contribution in [0.1, 0.15) is 41.3 Å². The summed E-state index contributed by atoms with van der Waals surface area (Å²) in [6, 6.07) is 8.24. The number of benzene rings is 1. The first-order chi connectivity index (χ1) is 12.6. The van der Waals surface area contributed by atoms with Crippen molar-refractivity contribution in [2.45, 2.75) is 32.9 Å². The number of likely N-dealkylation sites (tertiary alicyclic amines) is 1. The number of esters is 1. The fourth-order valence-electron chi connectivity index (χ4n) is 3.79. The van der Waals surface area contributed by atoms with Crippen molar-refractivity contribution in [1.29, 1.82) is 0 Å². The van der Waals surface area contributed by atoms with Crippen LogP contribution in [0, 0.1) is 11.8 Å². The lowest BCUT2D eigenvalue weighted by molar-refractivity contribution is -0.133. The predicted molar refractivity (Wildman–Crippen MR) is 95.4 cm³/mol. The first-order valence-electron chi connectivity index (χ1n) is 9.20. The Morgan fingerprint density at radius 3 is 2.50 bits per heavy atom. The highest BCUT2D eigenvalue weighted by molar-refractivity contribution is 5.88. The third kappa shape index (κ3) is 3.23. The molecule has 1 aliphatic heterocycles. The molecule has 0 spiro atoms. The van der Waals surface area contributed by atoms with E-state index in [-0.39, 0.29) is 5.97 Å². The maximum absolute atomic E-state index is 12.3. The number of nitrogens with zero attached hydrogens (tertiary/aromatic N) is 3. The van der Waals surface area contributed by atoms with Gasteiger partial charge >= 0.3 is 5.97 Å². The second-order valence-corrected chi connectivity index (χ2v) is 7.13. The Bertz CT molecular complexity index is 812. The zero-order chi connectivity index (χ0) is 18.1. The van der Waals surface area contributed by atoms with Gasteiger partial charge in [-0.2, -0.15) is 5.10 Å². The summed E-state index contributed by atoms with van der Waals surface area (Å²) in [5.41, 5.74) is 2.71. The largest absolute Gasteiger partial charge is 0.462 e. The van der Waals surface area contributed by atoms with Gasteiger partial charge in [0.05, 0.1) is 24.9 Å².